The van der Waals surface area contributed by atoms with Gasteiger partial charge in [0.1, 0.15) is 0 Å². The van der Waals surface area contributed by atoms with Crippen LogP contribution in [-0.2, 0) is 0 Å². The largest absolute Gasteiger partial charge is 0.0882 e. The smallest absolute Gasteiger partial charge is 0.0200 e. The maximum Gasteiger partial charge on any atom is -0.0200 e. The second kappa shape index (κ2) is 1.86. The summed E-state index contributed by atoms with van der Waals surface area (Å²) in [6, 6.07) is 0. The van der Waals surface area contributed by atoms with Crippen molar-refractivity contribution in [1.82, 2.24) is 0 Å². The number of rotatable bonds is 0. The van der Waals surface area contributed by atoms with Crippen LogP contribution in [0.1, 0.15) is 26.2 Å². The van der Waals surface area contributed by atoms with Gasteiger partial charge in [0.15, 0.2) is 0 Å². The highest BCUT2D eigenvalue weighted by molar-refractivity contribution is 5.04. The van der Waals surface area contributed by atoms with Crippen molar-refractivity contribution in [3.63, 3.8) is 0 Å². The van der Waals surface area contributed by atoms with Gasteiger partial charge in [-0.2, -0.15) is 0 Å². The lowest BCUT2D eigenvalue weighted by Crippen LogP contribution is -2.34. The summed E-state index contributed by atoms with van der Waals surface area (Å²) in [6.07, 6.45) is 9.04. The Morgan fingerprint density at radius 1 is 1.44 bits per heavy atom. The second-order valence-electron chi connectivity index (χ2n) is 3.55. The van der Waals surface area contributed by atoms with Crippen molar-refractivity contribution in [1.29, 1.82) is 0 Å². The summed E-state index contributed by atoms with van der Waals surface area (Å²) in [5, 5.41) is 0. The molecule has 3 unspecified atom stereocenters. The Labute approximate surface area is 57.0 Å². The standard InChI is InChI=1S/C9H14/c1-7-6-8-4-2-3-5-9(7)8/h2,4,7-9H,3,5-6H2,1H3. The zero-order valence-electron chi connectivity index (χ0n) is 6.01. The fraction of sp³-hybridized carbons (Fsp3) is 0.778. The van der Waals surface area contributed by atoms with Crippen molar-refractivity contribution in [2.45, 2.75) is 26.2 Å². The third kappa shape index (κ3) is 0.726. The fourth-order valence-electron chi connectivity index (χ4n) is 2.28. The molecule has 2 aliphatic rings. The zero-order valence-corrected chi connectivity index (χ0v) is 6.01. The van der Waals surface area contributed by atoms with E-state index < -0.39 is 0 Å². The molecule has 0 spiro atoms. The molecular formula is C9H14. The molecule has 0 bridgehead atoms. The molecule has 1 fully saturated rings. The van der Waals surface area contributed by atoms with Gasteiger partial charge in [-0.15, -0.1) is 0 Å². The van der Waals surface area contributed by atoms with Crippen molar-refractivity contribution in [3.05, 3.63) is 12.2 Å². The maximum atomic E-state index is 2.42. The van der Waals surface area contributed by atoms with E-state index in [0.29, 0.717) is 0 Å². The molecule has 9 heavy (non-hydrogen) atoms. The summed E-state index contributed by atoms with van der Waals surface area (Å²) in [5.74, 6) is 3.07. The van der Waals surface area contributed by atoms with E-state index in [-0.39, 0.29) is 0 Å². The first kappa shape index (κ1) is 5.52. The van der Waals surface area contributed by atoms with Gasteiger partial charge >= 0.3 is 0 Å². The number of allylic oxidation sites excluding steroid dienone is 2. The quantitative estimate of drug-likeness (QED) is 0.433. The van der Waals surface area contributed by atoms with E-state index in [1.165, 1.54) is 19.3 Å². The number of hydrogen-bond acceptors (Lipinski definition) is 0. The highest BCUT2D eigenvalue weighted by Crippen LogP contribution is 2.45. The lowest BCUT2D eigenvalue weighted by Gasteiger charge is -2.43. The molecule has 0 heterocycles. The monoisotopic (exact) mass is 122 g/mol. The van der Waals surface area contributed by atoms with Crippen LogP contribution in [0.25, 0.3) is 0 Å². The van der Waals surface area contributed by atoms with Gasteiger partial charge in [0, 0.05) is 0 Å². The minimum Gasteiger partial charge on any atom is -0.0882 e. The van der Waals surface area contributed by atoms with Gasteiger partial charge in [0.25, 0.3) is 0 Å². The second-order valence-corrected chi connectivity index (χ2v) is 3.55. The van der Waals surface area contributed by atoms with E-state index in [4.69, 9.17) is 0 Å². The first-order valence-corrected chi connectivity index (χ1v) is 4.04. The first-order chi connectivity index (χ1) is 4.38. The summed E-state index contributed by atoms with van der Waals surface area (Å²) >= 11 is 0. The minimum atomic E-state index is 0.980. The van der Waals surface area contributed by atoms with Crippen molar-refractivity contribution in [2.24, 2.45) is 17.8 Å². The van der Waals surface area contributed by atoms with Gasteiger partial charge in [-0.3, -0.25) is 0 Å². The third-order valence-corrected chi connectivity index (χ3v) is 2.97. The molecule has 2 rings (SSSR count). The van der Waals surface area contributed by atoms with Gasteiger partial charge in [-0.1, -0.05) is 19.1 Å². The van der Waals surface area contributed by atoms with E-state index in [9.17, 15) is 0 Å². The molecule has 2 aliphatic carbocycles. The normalized spacial score (nSPS) is 47.9. The molecule has 0 saturated heterocycles. The average Bonchev–Trinajstić information content (AvgIpc) is 1.86. The average molecular weight is 122 g/mol. The van der Waals surface area contributed by atoms with Gasteiger partial charge < -0.3 is 0 Å². The highest BCUT2D eigenvalue weighted by atomic mass is 14.4. The number of hydrogen-bond donors (Lipinski definition) is 0. The van der Waals surface area contributed by atoms with Gasteiger partial charge in [0.05, 0.1) is 0 Å². The summed E-state index contributed by atoms with van der Waals surface area (Å²) in [4.78, 5) is 0. The lowest BCUT2D eigenvalue weighted by atomic mass is 9.62. The molecule has 0 aliphatic heterocycles. The number of fused-ring (bicyclic) bond motifs is 1. The summed E-state index contributed by atoms with van der Waals surface area (Å²) in [6.45, 7) is 2.39. The predicted molar refractivity (Wildman–Crippen MR) is 39.1 cm³/mol. The Morgan fingerprint density at radius 2 is 2.33 bits per heavy atom. The molecule has 0 N–H and O–H groups in total. The van der Waals surface area contributed by atoms with E-state index in [0.717, 1.165) is 17.8 Å². The molecule has 0 radical (unpaired) electrons. The van der Waals surface area contributed by atoms with Crippen molar-refractivity contribution >= 4 is 0 Å². The minimum absolute atomic E-state index is 0.980. The molecule has 0 aromatic carbocycles. The van der Waals surface area contributed by atoms with E-state index >= 15 is 0 Å². The van der Waals surface area contributed by atoms with Crippen LogP contribution in [0.4, 0.5) is 0 Å². The molecule has 50 valence electrons. The fourth-order valence-corrected chi connectivity index (χ4v) is 2.28. The summed E-state index contributed by atoms with van der Waals surface area (Å²) in [5.41, 5.74) is 0. The molecule has 0 heteroatoms. The topological polar surface area (TPSA) is 0 Å². The van der Waals surface area contributed by atoms with Crippen LogP contribution in [0.3, 0.4) is 0 Å². The first-order valence-electron chi connectivity index (χ1n) is 4.04. The van der Waals surface area contributed by atoms with Crippen LogP contribution in [-0.4, -0.2) is 0 Å². The van der Waals surface area contributed by atoms with E-state index in [1.807, 2.05) is 0 Å². The molecular weight excluding hydrogens is 108 g/mol. The Balaban J connectivity index is 2.06. The van der Waals surface area contributed by atoms with Gasteiger partial charge in [-0.05, 0) is 37.0 Å². The van der Waals surface area contributed by atoms with Crippen LogP contribution in [0.5, 0.6) is 0 Å². The molecule has 0 nitrogen and oxygen atoms in total. The lowest BCUT2D eigenvalue weighted by molar-refractivity contribution is 0.109. The van der Waals surface area contributed by atoms with Crippen molar-refractivity contribution < 1.29 is 0 Å². The third-order valence-electron chi connectivity index (χ3n) is 2.97. The Morgan fingerprint density at radius 3 is 2.89 bits per heavy atom. The Hall–Kier alpha value is -0.260. The highest BCUT2D eigenvalue weighted by Gasteiger charge is 2.36. The van der Waals surface area contributed by atoms with Crippen molar-refractivity contribution in [2.75, 3.05) is 0 Å². The molecule has 3 atom stereocenters. The molecule has 0 aromatic heterocycles. The van der Waals surface area contributed by atoms with Crippen LogP contribution >= 0.6 is 0 Å². The summed E-state index contributed by atoms with van der Waals surface area (Å²) < 4.78 is 0. The van der Waals surface area contributed by atoms with Crippen molar-refractivity contribution in [3.8, 4) is 0 Å². The van der Waals surface area contributed by atoms with Gasteiger partial charge in [-0.25, -0.2) is 0 Å². The van der Waals surface area contributed by atoms with Crippen LogP contribution in [0, 0.1) is 17.8 Å². The molecule has 0 aromatic rings. The van der Waals surface area contributed by atoms with Crippen LogP contribution < -0.4 is 0 Å². The molecule has 0 amide bonds. The van der Waals surface area contributed by atoms with E-state index in [2.05, 4.69) is 19.1 Å². The maximum absolute atomic E-state index is 2.42. The Kier molecular flexibility index (Phi) is 1.14. The van der Waals surface area contributed by atoms with Gasteiger partial charge in [0.2, 0.25) is 0 Å². The SMILES string of the molecule is CC1CC2C=CCCC12. The van der Waals surface area contributed by atoms with Crippen LogP contribution in [0.2, 0.25) is 0 Å². The summed E-state index contributed by atoms with van der Waals surface area (Å²) in [7, 11) is 0. The molecule has 1 saturated carbocycles. The predicted octanol–water partition coefficient (Wildman–Crippen LogP) is 2.61. The Bertz CT molecular complexity index is 135. The van der Waals surface area contributed by atoms with Crippen LogP contribution in [0.15, 0.2) is 12.2 Å². The zero-order chi connectivity index (χ0) is 6.27. The van der Waals surface area contributed by atoms with E-state index in [1.54, 1.807) is 0 Å².